The van der Waals surface area contributed by atoms with Gasteiger partial charge in [-0.05, 0) is 64.0 Å². The second-order valence-electron chi connectivity index (χ2n) is 9.27. The molecule has 0 radical (unpaired) electrons. The number of methoxy groups -OCH3 is 1. The summed E-state index contributed by atoms with van der Waals surface area (Å²) >= 11 is 19.1. The van der Waals surface area contributed by atoms with Crippen LogP contribution in [0, 0.1) is 0 Å². The lowest BCUT2D eigenvalue weighted by Crippen LogP contribution is -2.29. The summed E-state index contributed by atoms with van der Waals surface area (Å²) in [7, 11) is 1.56. The molecule has 0 amide bonds. The zero-order valence-corrected chi connectivity index (χ0v) is 25.2. The van der Waals surface area contributed by atoms with Crippen molar-refractivity contribution < 1.29 is 9.47 Å². The van der Waals surface area contributed by atoms with E-state index >= 15 is 0 Å². The van der Waals surface area contributed by atoms with Gasteiger partial charge in [0.1, 0.15) is 12.4 Å². The van der Waals surface area contributed by atoms with E-state index in [1.807, 2.05) is 39.0 Å². The molecule has 0 aliphatic heterocycles. The van der Waals surface area contributed by atoms with Gasteiger partial charge < -0.3 is 9.47 Å². The van der Waals surface area contributed by atoms with Crippen molar-refractivity contribution in [3.05, 3.63) is 94.8 Å². The van der Waals surface area contributed by atoms with E-state index in [9.17, 15) is 4.79 Å². The van der Waals surface area contributed by atoms with Crippen molar-refractivity contribution in [3.8, 4) is 11.5 Å². The number of benzene rings is 3. The highest BCUT2D eigenvalue weighted by Gasteiger charge is 2.23. The standard InChI is InChI=1S/C27H23Br2Cl2N3O3/c1-27(2,3)26-33-22-8-6-17(28)11-18(22)25(35)34(26)32-13-16-10-23(36-4)24(12-19(16)29)37-14-15-5-7-20(30)21(31)9-15/h5-13H,14H2,1-4H3. The van der Waals surface area contributed by atoms with Gasteiger partial charge in [-0.2, -0.15) is 9.78 Å². The molecule has 0 aliphatic rings. The molecular formula is C27H23Br2Cl2N3O3. The molecule has 3 aromatic carbocycles. The summed E-state index contributed by atoms with van der Waals surface area (Å²) in [5, 5.41) is 5.97. The Morgan fingerprint density at radius 3 is 2.46 bits per heavy atom. The van der Waals surface area contributed by atoms with Gasteiger partial charge in [-0.1, -0.05) is 66.0 Å². The number of rotatable bonds is 6. The van der Waals surface area contributed by atoms with E-state index in [4.69, 9.17) is 37.7 Å². The molecule has 4 aromatic rings. The summed E-state index contributed by atoms with van der Waals surface area (Å²) in [6.07, 6.45) is 1.59. The number of halogens is 4. The first kappa shape index (κ1) is 27.6. The van der Waals surface area contributed by atoms with Crippen molar-refractivity contribution in [2.24, 2.45) is 5.10 Å². The maximum absolute atomic E-state index is 13.4. The highest BCUT2D eigenvalue weighted by Crippen LogP contribution is 2.34. The third-order valence-corrected chi connectivity index (χ3v) is 7.37. The minimum absolute atomic E-state index is 0.253. The number of nitrogens with zero attached hydrogens (tertiary/aromatic N) is 3. The van der Waals surface area contributed by atoms with Crippen LogP contribution in [-0.2, 0) is 12.0 Å². The first-order valence-corrected chi connectivity index (χ1v) is 13.5. The van der Waals surface area contributed by atoms with Crippen LogP contribution in [-0.4, -0.2) is 23.0 Å². The average Bonchev–Trinajstić information content (AvgIpc) is 2.84. The Balaban J connectivity index is 1.70. The van der Waals surface area contributed by atoms with Crippen LogP contribution in [0.15, 0.2) is 67.4 Å². The van der Waals surface area contributed by atoms with Crippen LogP contribution in [0.25, 0.3) is 10.9 Å². The molecule has 0 saturated heterocycles. The summed E-state index contributed by atoms with van der Waals surface area (Å²) in [5.41, 5.74) is 1.50. The maximum Gasteiger partial charge on any atom is 0.282 e. The third-order valence-electron chi connectivity index (χ3n) is 5.45. The highest BCUT2D eigenvalue weighted by atomic mass is 79.9. The second kappa shape index (κ2) is 11.2. The predicted molar refractivity (Wildman–Crippen MR) is 157 cm³/mol. The van der Waals surface area contributed by atoms with Crippen molar-refractivity contribution in [2.45, 2.75) is 32.8 Å². The van der Waals surface area contributed by atoms with E-state index in [0.29, 0.717) is 48.3 Å². The lowest BCUT2D eigenvalue weighted by atomic mass is 9.95. The number of aromatic nitrogens is 2. The fraction of sp³-hybridized carbons (Fsp3) is 0.222. The highest BCUT2D eigenvalue weighted by molar-refractivity contribution is 9.10. The zero-order chi connectivity index (χ0) is 26.9. The molecule has 192 valence electrons. The Morgan fingerprint density at radius 1 is 1.03 bits per heavy atom. The van der Waals surface area contributed by atoms with E-state index in [2.05, 4.69) is 37.0 Å². The van der Waals surface area contributed by atoms with Gasteiger partial charge in [-0.15, -0.1) is 0 Å². The Hall–Kier alpha value is -2.39. The molecule has 0 atom stereocenters. The van der Waals surface area contributed by atoms with E-state index in [1.165, 1.54) is 4.68 Å². The van der Waals surface area contributed by atoms with Crippen molar-refractivity contribution in [1.82, 2.24) is 9.66 Å². The normalized spacial score (nSPS) is 11.9. The monoisotopic (exact) mass is 665 g/mol. The SMILES string of the molecule is COc1cc(C=Nn2c(C(C)(C)C)nc3ccc(Br)cc3c2=O)c(Br)cc1OCc1ccc(Cl)c(Cl)c1. The van der Waals surface area contributed by atoms with Crippen LogP contribution >= 0.6 is 55.1 Å². The maximum atomic E-state index is 13.4. The van der Waals surface area contributed by atoms with Crippen LogP contribution in [0.1, 0.15) is 37.7 Å². The van der Waals surface area contributed by atoms with Crippen molar-refractivity contribution in [3.63, 3.8) is 0 Å². The van der Waals surface area contributed by atoms with Gasteiger partial charge in [-0.25, -0.2) is 4.98 Å². The molecule has 37 heavy (non-hydrogen) atoms. The fourth-order valence-corrected chi connectivity index (χ4v) is 4.68. The molecule has 0 N–H and O–H groups in total. The third kappa shape index (κ3) is 6.20. The van der Waals surface area contributed by atoms with Crippen LogP contribution in [0.4, 0.5) is 0 Å². The van der Waals surface area contributed by atoms with Gasteiger partial charge in [-0.3, -0.25) is 4.79 Å². The van der Waals surface area contributed by atoms with Gasteiger partial charge in [0, 0.05) is 19.9 Å². The lowest BCUT2D eigenvalue weighted by molar-refractivity contribution is 0.284. The molecule has 0 aliphatic carbocycles. The lowest BCUT2D eigenvalue weighted by Gasteiger charge is -2.21. The summed E-state index contributed by atoms with van der Waals surface area (Å²) in [6.45, 7) is 6.25. The summed E-state index contributed by atoms with van der Waals surface area (Å²) in [5.74, 6) is 1.59. The Morgan fingerprint density at radius 2 is 1.78 bits per heavy atom. The van der Waals surface area contributed by atoms with Gasteiger partial charge in [0.05, 0.1) is 34.3 Å². The molecule has 10 heteroatoms. The molecular weight excluding hydrogens is 645 g/mol. The minimum atomic E-state index is -0.422. The van der Waals surface area contributed by atoms with Gasteiger partial charge in [0.15, 0.2) is 11.5 Å². The molecule has 6 nitrogen and oxygen atoms in total. The Labute approximate surface area is 241 Å². The van der Waals surface area contributed by atoms with Gasteiger partial charge >= 0.3 is 0 Å². The Bertz CT molecular complexity index is 1580. The molecule has 0 bridgehead atoms. The van der Waals surface area contributed by atoms with Gasteiger partial charge in [0.25, 0.3) is 5.56 Å². The van der Waals surface area contributed by atoms with Gasteiger partial charge in [0.2, 0.25) is 0 Å². The van der Waals surface area contributed by atoms with Crippen LogP contribution in [0.3, 0.4) is 0 Å². The number of hydrogen-bond donors (Lipinski definition) is 0. The molecule has 0 saturated carbocycles. The quantitative estimate of drug-likeness (QED) is 0.196. The molecule has 1 heterocycles. The smallest absolute Gasteiger partial charge is 0.282 e. The minimum Gasteiger partial charge on any atom is -0.493 e. The van der Waals surface area contributed by atoms with Crippen LogP contribution < -0.4 is 15.0 Å². The summed E-state index contributed by atoms with van der Waals surface area (Å²) in [4.78, 5) is 18.2. The largest absolute Gasteiger partial charge is 0.493 e. The van der Waals surface area contributed by atoms with E-state index < -0.39 is 5.41 Å². The van der Waals surface area contributed by atoms with Crippen LogP contribution in [0.2, 0.25) is 10.0 Å². The van der Waals surface area contributed by atoms with Crippen molar-refractivity contribution >= 4 is 72.2 Å². The topological polar surface area (TPSA) is 65.7 Å². The predicted octanol–water partition coefficient (Wildman–Crippen LogP) is 8.00. The molecule has 4 rings (SSSR count). The van der Waals surface area contributed by atoms with Crippen molar-refractivity contribution in [2.75, 3.05) is 7.11 Å². The Kier molecular flexibility index (Phi) is 8.33. The van der Waals surface area contributed by atoms with Crippen LogP contribution in [0.5, 0.6) is 11.5 Å². The van der Waals surface area contributed by atoms with E-state index in [0.717, 1.165) is 10.0 Å². The first-order chi connectivity index (χ1) is 17.5. The summed E-state index contributed by atoms with van der Waals surface area (Å²) in [6, 6.07) is 14.3. The molecule has 0 unspecified atom stereocenters. The summed E-state index contributed by atoms with van der Waals surface area (Å²) < 4.78 is 14.4. The molecule has 1 aromatic heterocycles. The fourth-order valence-electron chi connectivity index (χ4n) is 3.57. The average molecular weight is 668 g/mol. The zero-order valence-electron chi connectivity index (χ0n) is 20.5. The number of fused-ring (bicyclic) bond motifs is 1. The van der Waals surface area contributed by atoms with E-state index in [-0.39, 0.29) is 12.2 Å². The van der Waals surface area contributed by atoms with Crippen molar-refractivity contribution in [1.29, 1.82) is 0 Å². The molecule has 0 spiro atoms. The molecule has 0 fully saturated rings. The van der Waals surface area contributed by atoms with E-state index in [1.54, 1.807) is 43.7 Å². The number of hydrogen-bond acceptors (Lipinski definition) is 5. The second-order valence-corrected chi connectivity index (χ2v) is 11.9. The number of ether oxygens (including phenoxy) is 2. The first-order valence-electron chi connectivity index (χ1n) is 11.2.